The van der Waals surface area contributed by atoms with Crippen LogP contribution in [0.2, 0.25) is 0 Å². The van der Waals surface area contributed by atoms with Crippen LogP contribution in [0.15, 0.2) is 164 Å². The van der Waals surface area contributed by atoms with Crippen LogP contribution in [-0.4, -0.2) is 0 Å². The van der Waals surface area contributed by atoms with Crippen molar-refractivity contribution in [3.05, 3.63) is 192 Å². The fourth-order valence-corrected chi connectivity index (χ4v) is 5.73. The van der Waals surface area contributed by atoms with Crippen molar-refractivity contribution in [2.45, 2.75) is 5.41 Å². The van der Waals surface area contributed by atoms with Gasteiger partial charge in [-0.1, -0.05) is 152 Å². The third kappa shape index (κ3) is 4.33. The third-order valence-corrected chi connectivity index (χ3v) is 7.47. The second kappa shape index (κ2) is 10.7. The zero-order valence-electron chi connectivity index (χ0n) is 21.5. The van der Waals surface area contributed by atoms with E-state index in [0.717, 1.165) is 27.8 Å². The minimum atomic E-state index is -0.606. The Morgan fingerprint density at radius 3 is 1.00 bits per heavy atom. The molecular weight excluding hydrogens is 470 g/mol. The number of nitrogens with zero attached hydrogens (tertiary/aromatic N) is 1. The number of nitriles is 1. The molecule has 6 rings (SSSR count). The lowest BCUT2D eigenvalue weighted by molar-refractivity contribution is 0.745. The van der Waals surface area contributed by atoms with Gasteiger partial charge in [0.15, 0.2) is 0 Å². The molecule has 0 aliphatic heterocycles. The largest absolute Gasteiger partial charge is 0.192 e. The molecule has 0 N–H and O–H groups in total. The van der Waals surface area contributed by atoms with Gasteiger partial charge >= 0.3 is 0 Å². The van der Waals surface area contributed by atoms with Crippen LogP contribution in [0.25, 0.3) is 22.3 Å². The summed E-state index contributed by atoms with van der Waals surface area (Å²) in [5.41, 5.74) is 8.61. The van der Waals surface area contributed by atoms with Gasteiger partial charge < -0.3 is 0 Å². The first-order valence-electron chi connectivity index (χ1n) is 13.2. The summed E-state index contributed by atoms with van der Waals surface area (Å²) in [4.78, 5) is 0. The fraction of sp³-hybridized carbons (Fsp3) is 0.0263. The second-order valence-electron chi connectivity index (χ2n) is 9.64. The van der Waals surface area contributed by atoms with Crippen LogP contribution in [0.1, 0.15) is 27.8 Å². The van der Waals surface area contributed by atoms with Gasteiger partial charge in [-0.15, -0.1) is 0 Å². The molecule has 0 aromatic heterocycles. The molecule has 0 saturated carbocycles. The molecule has 6 aromatic carbocycles. The average Bonchev–Trinajstić information content (AvgIpc) is 3.03. The summed E-state index contributed by atoms with van der Waals surface area (Å²) in [5, 5.41) is 10.5. The molecule has 1 heteroatoms. The number of rotatable bonds is 6. The lowest BCUT2D eigenvalue weighted by atomic mass is 9.64. The van der Waals surface area contributed by atoms with E-state index < -0.39 is 5.41 Å². The highest BCUT2D eigenvalue weighted by Crippen LogP contribution is 2.48. The van der Waals surface area contributed by atoms with Crippen molar-refractivity contribution in [3.63, 3.8) is 0 Å². The van der Waals surface area contributed by atoms with Gasteiger partial charge in [-0.25, -0.2) is 0 Å². The highest BCUT2D eigenvalue weighted by molar-refractivity contribution is 5.84. The Balaban J connectivity index is 1.80. The van der Waals surface area contributed by atoms with Gasteiger partial charge in [-0.2, -0.15) is 5.26 Å². The molecule has 0 saturated heterocycles. The molecule has 39 heavy (non-hydrogen) atoms. The summed E-state index contributed by atoms with van der Waals surface area (Å²) < 4.78 is 0. The monoisotopic (exact) mass is 497 g/mol. The summed E-state index contributed by atoms with van der Waals surface area (Å²) >= 11 is 0. The Kier molecular flexibility index (Phi) is 6.60. The third-order valence-electron chi connectivity index (χ3n) is 7.47. The Hall–Kier alpha value is -5.19. The van der Waals surface area contributed by atoms with E-state index in [1.165, 1.54) is 16.7 Å². The van der Waals surface area contributed by atoms with Gasteiger partial charge in [-0.05, 0) is 45.5 Å². The van der Waals surface area contributed by atoms with E-state index in [2.05, 4.69) is 133 Å². The van der Waals surface area contributed by atoms with E-state index in [1.807, 2.05) is 36.4 Å². The minimum Gasteiger partial charge on any atom is -0.192 e. The van der Waals surface area contributed by atoms with Crippen molar-refractivity contribution in [1.82, 2.24) is 0 Å². The van der Waals surface area contributed by atoms with Crippen molar-refractivity contribution in [1.29, 1.82) is 5.26 Å². The zero-order valence-corrected chi connectivity index (χ0v) is 21.5. The average molecular weight is 498 g/mol. The van der Waals surface area contributed by atoms with Crippen LogP contribution in [0.5, 0.6) is 0 Å². The van der Waals surface area contributed by atoms with Gasteiger partial charge in [0.1, 0.15) is 6.07 Å². The number of hydrogen-bond donors (Lipinski definition) is 0. The Bertz CT molecular complexity index is 1560. The lowest BCUT2D eigenvalue weighted by Gasteiger charge is -2.37. The smallest absolute Gasteiger partial charge is 0.100 e. The quantitative estimate of drug-likeness (QED) is 0.210. The summed E-state index contributed by atoms with van der Waals surface area (Å²) in [6.45, 7) is 0. The molecule has 184 valence electrons. The molecule has 6 aromatic rings. The van der Waals surface area contributed by atoms with E-state index in [-0.39, 0.29) is 0 Å². The van der Waals surface area contributed by atoms with Crippen LogP contribution < -0.4 is 0 Å². The van der Waals surface area contributed by atoms with Crippen LogP contribution in [0.3, 0.4) is 0 Å². The van der Waals surface area contributed by atoms with Gasteiger partial charge in [0.05, 0.1) is 11.0 Å². The Morgan fingerprint density at radius 2 is 0.692 bits per heavy atom. The predicted octanol–water partition coefficient (Wildman–Crippen LogP) is 9.27. The van der Waals surface area contributed by atoms with Crippen molar-refractivity contribution < 1.29 is 0 Å². The summed E-state index contributed by atoms with van der Waals surface area (Å²) in [7, 11) is 0. The first-order chi connectivity index (χ1) is 19.3. The normalized spacial score (nSPS) is 11.1. The van der Waals surface area contributed by atoms with Gasteiger partial charge in [0.2, 0.25) is 0 Å². The van der Waals surface area contributed by atoms with Gasteiger partial charge in [0, 0.05) is 11.1 Å². The molecular formula is C38H27N. The van der Waals surface area contributed by atoms with Gasteiger partial charge in [0.25, 0.3) is 0 Å². The Labute approximate surface area is 230 Å². The zero-order chi connectivity index (χ0) is 26.5. The lowest BCUT2D eigenvalue weighted by Crippen LogP contribution is -2.31. The molecule has 1 nitrogen and oxygen atoms in total. The van der Waals surface area contributed by atoms with Crippen molar-refractivity contribution >= 4 is 0 Å². The van der Waals surface area contributed by atoms with Crippen LogP contribution in [0.4, 0.5) is 0 Å². The molecule has 0 unspecified atom stereocenters. The van der Waals surface area contributed by atoms with Crippen molar-refractivity contribution in [2.75, 3.05) is 0 Å². The van der Waals surface area contributed by atoms with Crippen molar-refractivity contribution in [3.8, 4) is 28.3 Å². The SMILES string of the molecule is N#Cc1c(-c2ccccc2)cc(C(c2ccccc2)(c2ccccc2)c2ccccc2)cc1-c1ccccc1. The summed E-state index contributed by atoms with van der Waals surface area (Å²) in [6, 6.07) is 59.6. The van der Waals surface area contributed by atoms with Crippen LogP contribution in [-0.2, 0) is 5.41 Å². The van der Waals surface area contributed by atoms with Gasteiger partial charge in [-0.3, -0.25) is 0 Å². The van der Waals surface area contributed by atoms with Crippen LogP contribution in [0, 0.1) is 11.3 Å². The first kappa shape index (κ1) is 24.2. The molecule has 0 fully saturated rings. The maximum atomic E-state index is 10.5. The van der Waals surface area contributed by atoms with E-state index in [1.54, 1.807) is 0 Å². The van der Waals surface area contributed by atoms with E-state index in [9.17, 15) is 5.26 Å². The van der Waals surface area contributed by atoms with E-state index in [4.69, 9.17) is 0 Å². The molecule has 0 radical (unpaired) electrons. The van der Waals surface area contributed by atoms with Crippen LogP contribution >= 0.6 is 0 Å². The molecule has 0 aliphatic rings. The Morgan fingerprint density at radius 1 is 0.385 bits per heavy atom. The standard InChI is InChI=1S/C38H27N/c39-28-37-35(29-16-6-1-7-17-29)26-34(27-36(37)30-18-8-2-9-19-30)38(31-20-10-3-11-21-31,32-22-12-4-13-23-32)33-24-14-5-15-25-33/h1-27H. The highest BCUT2D eigenvalue weighted by Gasteiger charge is 2.39. The molecule has 0 spiro atoms. The molecule has 0 atom stereocenters. The van der Waals surface area contributed by atoms with Crippen molar-refractivity contribution in [2.24, 2.45) is 0 Å². The topological polar surface area (TPSA) is 23.8 Å². The number of benzene rings is 6. The minimum absolute atomic E-state index is 0.606. The maximum Gasteiger partial charge on any atom is 0.100 e. The molecule has 0 aliphatic carbocycles. The summed E-state index contributed by atoms with van der Waals surface area (Å²) in [5.74, 6) is 0. The first-order valence-corrected chi connectivity index (χ1v) is 13.2. The molecule has 0 heterocycles. The molecule has 0 bridgehead atoms. The summed E-state index contributed by atoms with van der Waals surface area (Å²) in [6.07, 6.45) is 0. The fourth-order valence-electron chi connectivity index (χ4n) is 5.73. The van der Waals surface area contributed by atoms with E-state index in [0.29, 0.717) is 5.56 Å². The second-order valence-corrected chi connectivity index (χ2v) is 9.64. The molecule has 0 amide bonds. The van der Waals surface area contributed by atoms with E-state index >= 15 is 0 Å². The maximum absolute atomic E-state index is 10.5. The number of hydrogen-bond acceptors (Lipinski definition) is 1. The predicted molar refractivity (Wildman–Crippen MR) is 160 cm³/mol. The highest BCUT2D eigenvalue weighted by atomic mass is 14.4.